The Bertz CT molecular complexity index is 548. The number of carbonyl (C=O) groups is 2. The monoisotopic (exact) mass is 324 g/mol. The Labute approximate surface area is 135 Å². The minimum Gasteiger partial charge on any atom is -0.466 e. The second-order valence-electron chi connectivity index (χ2n) is 5.76. The van der Waals surface area contributed by atoms with Gasteiger partial charge >= 0.3 is 12.0 Å². The largest absolute Gasteiger partial charge is 0.466 e. The van der Waals surface area contributed by atoms with Crippen LogP contribution in [-0.4, -0.2) is 46.9 Å². The van der Waals surface area contributed by atoms with Gasteiger partial charge in [-0.15, -0.1) is 0 Å². The van der Waals surface area contributed by atoms with Gasteiger partial charge in [0.2, 0.25) is 0 Å². The number of aryl methyl sites for hydroxylation is 1. The van der Waals surface area contributed by atoms with Crippen molar-refractivity contribution in [2.75, 3.05) is 19.7 Å². The van der Waals surface area contributed by atoms with Crippen LogP contribution in [0.5, 0.6) is 0 Å². The Morgan fingerprint density at radius 2 is 2.09 bits per heavy atom. The molecule has 7 heteroatoms. The highest BCUT2D eigenvalue weighted by Gasteiger charge is 2.32. The molecule has 2 amide bonds. The lowest BCUT2D eigenvalue weighted by Gasteiger charge is -2.34. The number of carbonyl (C=O) groups excluding carboxylic acids is 2. The van der Waals surface area contributed by atoms with Crippen molar-refractivity contribution in [3.05, 3.63) is 23.7 Å². The third kappa shape index (κ3) is 4.04. The van der Waals surface area contributed by atoms with Crippen LogP contribution in [-0.2, 0) is 9.53 Å². The summed E-state index contributed by atoms with van der Waals surface area (Å²) >= 11 is 0. The van der Waals surface area contributed by atoms with Crippen molar-refractivity contribution in [2.24, 2.45) is 5.92 Å². The van der Waals surface area contributed by atoms with Crippen LogP contribution < -0.4 is 0 Å². The molecule has 2 heterocycles. The number of hydrogen-bond acceptors (Lipinski definition) is 5. The average Bonchev–Trinajstić information content (AvgIpc) is 2.99. The van der Waals surface area contributed by atoms with E-state index in [9.17, 15) is 14.8 Å². The SMILES string of the molecule is CCOC(=O)C1CCN(C(=O)N(O)C(C)c2ccc(C)o2)CC1. The van der Waals surface area contributed by atoms with E-state index >= 15 is 0 Å². The molecule has 2 rings (SSSR count). The van der Waals surface area contributed by atoms with E-state index in [0.717, 1.165) is 5.76 Å². The number of hydrogen-bond donors (Lipinski definition) is 1. The number of amides is 2. The van der Waals surface area contributed by atoms with Gasteiger partial charge in [-0.25, -0.2) is 4.79 Å². The fourth-order valence-electron chi connectivity index (χ4n) is 2.68. The zero-order valence-corrected chi connectivity index (χ0v) is 13.8. The first-order valence-corrected chi connectivity index (χ1v) is 7.94. The number of hydroxylamine groups is 2. The van der Waals surface area contributed by atoms with Crippen molar-refractivity contribution in [1.82, 2.24) is 9.96 Å². The predicted molar refractivity (Wildman–Crippen MR) is 81.8 cm³/mol. The first-order valence-electron chi connectivity index (χ1n) is 7.94. The fourth-order valence-corrected chi connectivity index (χ4v) is 2.68. The second-order valence-corrected chi connectivity index (χ2v) is 5.76. The molecule has 0 aliphatic carbocycles. The number of nitrogens with zero attached hydrogens (tertiary/aromatic N) is 2. The van der Waals surface area contributed by atoms with Crippen LogP contribution >= 0.6 is 0 Å². The summed E-state index contributed by atoms with van der Waals surface area (Å²) in [7, 11) is 0. The lowest BCUT2D eigenvalue weighted by atomic mass is 9.97. The fraction of sp³-hybridized carbons (Fsp3) is 0.625. The molecule has 128 valence electrons. The summed E-state index contributed by atoms with van der Waals surface area (Å²) in [5.74, 6) is 0.874. The van der Waals surface area contributed by atoms with Crippen molar-refractivity contribution in [2.45, 2.75) is 39.7 Å². The van der Waals surface area contributed by atoms with Gasteiger partial charge in [-0.2, -0.15) is 5.06 Å². The Kier molecular flexibility index (Phi) is 5.65. The molecule has 0 radical (unpaired) electrons. The molecule has 1 aliphatic rings. The number of furan rings is 1. The van der Waals surface area contributed by atoms with Crippen LogP contribution in [0.1, 0.15) is 44.3 Å². The Morgan fingerprint density at radius 3 is 2.61 bits per heavy atom. The third-order valence-corrected chi connectivity index (χ3v) is 4.12. The van der Waals surface area contributed by atoms with E-state index in [0.29, 0.717) is 43.4 Å². The summed E-state index contributed by atoms with van der Waals surface area (Å²) in [6, 6.07) is 2.48. The molecule has 1 N–H and O–H groups in total. The van der Waals surface area contributed by atoms with Gasteiger partial charge < -0.3 is 14.1 Å². The first kappa shape index (κ1) is 17.3. The van der Waals surface area contributed by atoms with Gasteiger partial charge in [-0.05, 0) is 45.7 Å². The van der Waals surface area contributed by atoms with Crippen LogP contribution in [0.25, 0.3) is 0 Å². The zero-order valence-electron chi connectivity index (χ0n) is 13.8. The number of piperidine rings is 1. The molecule has 1 saturated heterocycles. The highest BCUT2D eigenvalue weighted by atomic mass is 16.5. The van der Waals surface area contributed by atoms with Crippen molar-refractivity contribution in [1.29, 1.82) is 0 Å². The van der Waals surface area contributed by atoms with Crippen molar-refractivity contribution in [3.8, 4) is 0 Å². The smallest absolute Gasteiger partial charge is 0.344 e. The molecule has 1 atom stereocenters. The maximum absolute atomic E-state index is 12.4. The van der Waals surface area contributed by atoms with Crippen molar-refractivity contribution >= 4 is 12.0 Å². The van der Waals surface area contributed by atoms with Gasteiger partial charge in [0.15, 0.2) is 0 Å². The Hall–Kier alpha value is -2.02. The first-order chi connectivity index (χ1) is 10.9. The summed E-state index contributed by atoms with van der Waals surface area (Å²) in [4.78, 5) is 25.6. The van der Waals surface area contributed by atoms with Gasteiger partial charge in [-0.1, -0.05) is 0 Å². The number of ether oxygens (including phenoxy) is 1. The standard InChI is InChI=1S/C16H24N2O5/c1-4-22-15(19)13-7-9-17(10-8-13)16(20)18(21)12(3)14-6-5-11(2)23-14/h5-6,12-13,21H,4,7-10H2,1-3H3. The normalized spacial score (nSPS) is 17.0. The molecular formula is C16H24N2O5. The number of likely N-dealkylation sites (tertiary alicyclic amines) is 1. The molecule has 1 aromatic heterocycles. The number of esters is 1. The predicted octanol–water partition coefficient (Wildman–Crippen LogP) is 2.74. The summed E-state index contributed by atoms with van der Waals surface area (Å²) in [6.07, 6.45) is 1.10. The summed E-state index contributed by atoms with van der Waals surface area (Å²) in [5.41, 5.74) is 0. The van der Waals surface area contributed by atoms with E-state index in [1.165, 1.54) is 0 Å². The summed E-state index contributed by atoms with van der Waals surface area (Å²) in [6.45, 7) is 6.48. The van der Waals surface area contributed by atoms with Gasteiger partial charge in [0.05, 0.1) is 12.5 Å². The average molecular weight is 324 g/mol. The molecule has 0 aromatic carbocycles. The third-order valence-electron chi connectivity index (χ3n) is 4.12. The van der Waals surface area contributed by atoms with Gasteiger partial charge in [-0.3, -0.25) is 10.0 Å². The highest BCUT2D eigenvalue weighted by molar-refractivity contribution is 5.75. The molecule has 1 fully saturated rings. The van der Waals surface area contributed by atoms with Crippen molar-refractivity contribution in [3.63, 3.8) is 0 Å². The van der Waals surface area contributed by atoms with Crippen LogP contribution in [0.4, 0.5) is 4.79 Å². The van der Waals surface area contributed by atoms with E-state index in [1.807, 2.05) is 0 Å². The minimum absolute atomic E-state index is 0.170. The highest BCUT2D eigenvalue weighted by Crippen LogP contribution is 2.24. The number of rotatable bonds is 4. The van der Waals surface area contributed by atoms with Crippen LogP contribution in [0.15, 0.2) is 16.5 Å². The molecule has 0 saturated carbocycles. The van der Waals surface area contributed by atoms with Crippen LogP contribution in [0.3, 0.4) is 0 Å². The maximum Gasteiger partial charge on any atom is 0.344 e. The topological polar surface area (TPSA) is 83.2 Å². The van der Waals surface area contributed by atoms with Gasteiger partial charge in [0, 0.05) is 13.1 Å². The Morgan fingerprint density at radius 1 is 1.43 bits per heavy atom. The molecule has 1 aliphatic heterocycles. The van der Waals surface area contributed by atoms with Gasteiger partial charge in [0.1, 0.15) is 17.6 Å². The van der Waals surface area contributed by atoms with E-state index in [4.69, 9.17) is 9.15 Å². The molecule has 0 bridgehead atoms. The van der Waals surface area contributed by atoms with E-state index in [1.54, 1.807) is 37.8 Å². The molecule has 23 heavy (non-hydrogen) atoms. The maximum atomic E-state index is 12.4. The number of urea groups is 1. The molecular weight excluding hydrogens is 300 g/mol. The van der Waals surface area contributed by atoms with Crippen molar-refractivity contribution < 1.29 is 24.0 Å². The van der Waals surface area contributed by atoms with Gasteiger partial charge in [0.25, 0.3) is 0 Å². The lowest BCUT2D eigenvalue weighted by molar-refractivity contribution is -0.149. The Balaban J connectivity index is 1.90. The quantitative estimate of drug-likeness (QED) is 0.523. The second kappa shape index (κ2) is 7.50. The van der Waals surface area contributed by atoms with E-state index < -0.39 is 12.1 Å². The summed E-state index contributed by atoms with van der Waals surface area (Å²) < 4.78 is 10.5. The molecule has 7 nitrogen and oxygen atoms in total. The lowest BCUT2D eigenvalue weighted by Crippen LogP contribution is -2.47. The molecule has 1 aromatic rings. The van der Waals surface area contributed by atoms with E-state index in [-0.39, 0.29) is 11.9 Å². The molecule has 0 spiro atoms. The van der Waals surface area contributed by atoms with Crippen LogP contribution in [0.2, 0.25) is 0 Å². The van der Waals surface area contributed by atoms with Crippen LogP contribution in [0, 0.1) is 12.8 Å². The zero-order chi connectivity index (χ0) is 17.0. The summed E-state index contributed by atoms with van der Waals surface area (Å²) in [5, 5.41) is 10.8. The molecule has 1 unspecified atom stereocenters. The van der Waals surface area contributed by atoms with E-state index in [2.05, 4.69) is 0 Å². The minimum atomic E-state index is -0.570.